The Hall–Kier alpha value is -2.22. The van der Waals surface area contributed by atoms with E-state index in [1.807, 2.05) is 4.90 Å². The standard InChI is InChI=1S/C13H17N3O5/c1-9-7-14-12(6-11(9)16(18)19)15-3-4-21-10(8-15)5-13(17)20-2/h6-7,10H,3-5,8H2,1-2H3. The molecule has 0 aliphatic carbocycles. The number of aryl methyl sites for hydroxylation is 1. The summed E-state index contributed by atoms with van der Waals surface area (Å²) in [6.45, 7) is 3.10. The van der Waals surface area contributed by atoms with Crippen molar-refractivity contribution in [3.63, 3.8) is 0 Å². The predicted octanol–water partition coefficient (Wildman–Crippen LogP) is 1.07. The van der Waals surface area contributed by atoms with Gasteiger partial charge in [0.05, 0.1) is 37.2 Å². The maximum absolute atomic E-state index is 11.3. The lowest BCUT2D eigenvalue weighted by atomic mass is 10.2. The van der Waals surface area contributed by atoms with Crippen LogP contribution in [0.4, 0.5) is 11.5 Å². The van der Waals surface area contributed by atoms with Crippen LogP contribution in [0, 0.1) is 17.0 Å². The molecule has 0 aromatic carbocycles. The summed E-state index contributed by atoms with van der Waals surface area (Å²) < 4.78 is 10.1. The summed E-state index contributed by atoms with van der Waals surface area (Å²) in [7, 11) is 1.33. The molecule has 2 rings (SSSR count). The Morgan fingerprint density at radius 2 is 2.43 bits per heavy atom. The molecule has 1 aliphatic rings. The van der Waals surface area contributed by atoms with Crippen molar-refractivity contribution in [3.05, 3.63) is 27.9 Å². The van der Waals surface area contributed by atoms with Crippen molar-refractivity contribution in [1.29, 1.82) is 0 Å². The molecule has 1 aromatic heterocycles. The lowest BCUT2D eigenvalue weighted by Gasteiger charge is -2.33. The second kappa shape index (κ2) is 6.49. The van der Waals surface area contributed by atoms with Crippen molar-refractivity contribution in [2.45, 2.75) is 19.4 Å². The molecule has 1 unspecified atom stereocenters. The monoisotopic (exact) mass is 295 g/mol. The van der Waals surface area contributed by atoms with Gasteiger partial charge in [-0.3, -0.25) is 14.9 Å². The fourth-order valence-electron chi connectivity index (χ4n) is 2.19. The molecule has 21 heavy (non-hydrogen) atoms. The van der Waals surface area contributed by atoms with Crippen molar-refractivity contribution >= 4 is 17.5 Å². The minimum absolute atomic E-state index is 0.0380. The Balaban J connectivity index is 2.12. The van der Waals surface area contributed by atoms with E-state index in [0.717, 1.165) is 0 Å². The van der Waals surface area contributed by atoms with E-state index in [1.165, 1.54) is 19.4 Å². The average molecular weight is 295 g/mol. The molecule has 114 valence electrons. The fourth-order valence-corrected chi connectivity index (χ4v) is 2.19. The molecule has 2 heterocycles. The molecule has 0 saturated carbocycles. The van der Waals surface area contributed by atoms with Crippen LogP contribution in [0.2, 0.25) is 0 Å². The summed E-state index contributed by atoms with van der Waals surface area (Å²) in [5.41, 5.74) is 0.555. The number of pyridine rings is 1. The molecule has 0 N–H and O–H groups in total. The first kappa shape index (κ1) is 15.2. The van der Waals surface area contributed by atoms with Gasteiger partial charge in [0.15, 0.2) is 0 Å². The predicted molar refractivity (Wildman–Crippen MR) is 74.2 cm³/mol. The van der Waals surface area contributed by atoms with E-state index in [4.69, 9.17) is 4.74 Å². The number of hydrogen-bond donors (Lipinski definition) is 0. The Morgan fingerprint density at radius 1 is 1.67 bits per heavy atom. The van der Waals surface area contributed by atoms with Gasteiger partial charge >= 0.3 is 5.97 Å². The lowest BCUT2D eigenvalue weighted by molar-refractivity contribution is -0.385. The Labute approximate surface area is 121 Å². The average Bonchev–Trinajstić information content (AvgIpc) is 2.47. The first-order valence-corrected chi connectivity index (χ1v) is 6.55. The van der Waals surface area contributed by atoms with Gasteiger partial charge in [0.1, 0.15) is 5.82 Å². The quantitative estimate of drug-likeness (QED) is 0.465. The van der Waals surface area contributed by atoms with Gasteiger partial charge in [-0.05, 0) is 6.92 Å². The van der Waals surface area contributed by atoms with Crippen LogP contribution < -0.4 is 4.90 Å². The van der Waals surface area contributed by atoms with Gasteiger partial charge < -0.3 is 14.4 Å². The molecule has 1 aliphatic heterocycles. The number of ether oxygens (including phenoxy) is 2. The van der Waals surface area contributed by atoms with Crippen LogP contribution in [-0.4, -0.2) is 48.8 Å². The Bertz CT molecular complexity index is 549. The Morgan fingerprint density at radius 3 is 3.10 bits per heavy atom. The molecular formula is C13H17N3O5. The van der Waals surface area contributed by atoms with Gasteiger partial charge in [0.2, 0.25) is 0 Å². The maximum atomic E-state index is 11.3. The summed E-state index contributed by atoms with van der Waals surface area (Å²) in [6, 6.07) is 1.45. The smallest absolute Gasteiger partial charge is 0.308 e. The molecule has 8 nitrogen and oxygen atoms in total. The summed E-state index contributed by atoms with van der Waals surface area (Å²) >= 11 is 0. The zero-order valence-corrected chi connectivity index (χ0v) is 11.9. The number of hydrogen-bond acceptors (Lipinski definition) is 7. The van der Waals surface area contributed by atoms with E-state index in [0.29, 0.717) is 31.1 Å². The molecule has 1 fully saturated rings. The van der Waals surface area contributed by atoms with Crippen LogP contribution in [0.3, 0.4) is 0 Å². The van der Waals surface area contributed by atoms with Crippen LogP contribution in [0.5, 0.6) is 0 Å². The second-order valence-electron chi connectivity index (χ2n) is 4.81. The SMILES string of the molecule is COC(=O)CC1CN(c2cc([N+](=O)[O-])c(C)cn2)CCO1. The molecule has 8 heteroatoms. The van der Waals surface area contributed by atoms with Crippen molar-refractivity contribution < 1.29 is 19.2 Å². The highest BCUT2D eigenvalue weighted by atomic mass is 16.6. The first-order chi connectivity index (χ1) is 10.0. The van der Waals surface area contributed by atoms with Crippen LogP contribution in [-0.2, 0) is 14.3 Å². The molecule has 0 amide bonds. The van der Waals surface area contributed by atoms with Crippen LogP contribution >= 0.6 is 0 Å². The lowest BCUT2D eigenvalue weighted by Crippen LogP contribution is -2.43. The van der Waals surface area contributed by atoms with E-state index in [2.05, 4.69) is 9.72 Å². The van der Waals surface area contributed by atoms with E-state index >= 15 is 0 Å². The number of anilines is 1. The third-order valence-corrected chi connectivity index (χ3v) is 3.34. The number of methoxy groups -OCH3 is 1. The van der Waals surface area contributed by atoms with Crippen LogP contribution in [0.25, 0.3) is 0 Å². The zero-order chi connectivity index (χ0) is 15.4. The van der Waals surface area contributed by atoms with Crippen molar-refractivity contribution in [2.75, 3.05) is 31.7 Å². The molecule has 0 spiro atoms. The van der Waals surface area contributed by atoms with E-state index in [9.17, 15) is 14.9 Å². The highest BCUT2D eigenvalue weighted by Crippen LogP contribution is 2.24. The number of carbonyl (C=O) groups excluding carboxylic acids is 1. The van der Waals surface area contributed by atoms with E-state index in [-0.39, 0.29) is 24.2 Å². The van der Waals surface area contributed by atoms with Gasteiger partial charge in [-0.2, -0.15) is 0 Å². The summed E-state index contributed by atoms with van der Waals surface area (Å²) in [5, 5.41) is 11.0. The third-order valence-electron chi connectivity index (χ3n) is 3.34. The van der Waals surface area contributed by atoms with Crippen LogP contribution in [0.15, 0.2) is 12.3 Å². The molecular weight excluding hydrogens is 278 g/mol. The van der Waals surface area contributed by atoms with Gasteiger partial charge in [-0.25, -0.2) is 4.98 Å². The van der Waals surface area contributed by atoms with Gasteiger partial charge in [-0.15, -0.1) is 0 Å². The third kappa shape index (κ3) is 3.66. The van der Waals surface area contributed by atoms with Crippen molar-refractivity contribution in [1.82, 2.24) is 4.98 Å². The number of carbonyl (C=O) groups is 1. The summed E-state index contributed by atoms with van der Waals surface area (Å²) in [4.78, 5) is 27.9. The number of morpholine rings is 1. The summed E-state index contributed by atoms with van der Waals surface area (Å²) in [6.07, 6.45) is 1.34. The number of nitro groups is 1. The van der Waals surface area contributed by atoms with Gasteiger partial charge in [0.25, 0.3) is 5.69 Å². The highest BCUT2D eigenvalue weighted by Gasteiger charge is 2.25. The largest absolute Gasteiger partial charge is 0.469 e. The number of rotatable bonds is 4. The second-order valence-corrected chi connectivity index (χ2v) is 4.81. The fraction of sp³-hybridized carbons (Fsp3) is 0.538. The van der Waals surface area contributed by atoms with Crippen LogP contribution in [0.1, 0.15) is 12.0 Å². The van der Waals surface area contributed by atoms with Crippen molar-refractivity contribution in [3.8, 4) is 0 Å². The normalized spacial score (nSPS) is 18.4. The minimum Gasteiger partial charge on any atom is -0.469 e. The van der Waals surface area contributed by atoms with Crippen molar-refractivity contribution in [2.24, 2.45) is 0 Å². The molecule has 0 bridgehead atoms. The molecule has 1 saturated heterocycles. The molecule has 1 atom stereocenters. The number of nitrogens with zero attached hydrogens (tertiary/aromatic N) is 3. The first-order valence-electron chi connectivity index (χ1n) is 6.55. The molecule has 0 radical (unpaired) electrons. The van der Waals surface area contributed by atoms with E-state index < -0.39 is 4.92 Å². The topological polar surface area (TPSA) is 94.8 Å². The Kier molecular flexibility index (Phi) is 4.69. The zero-order valence-electron chi connectivity index (χ0n) is 11.9. The van der Waals surface area contributed by atoms with E-state index in [1.54, 1.807) is 6.92 Å². The number of aromatic nitrogens is 1. The van der Waals surface area contributed by atoms with Gasteiger partial charge in [0, 0.05) is 24.8 Å². The summed E-state index contributed by atoms with van der Waals surface area (Å²) in [5.74, 6) is 0.176. The van der Waals surface area contributed by atoms with Gasteiger partial charge in [-0.1, -0.05) is 0 Å². The molecule has 1 aromatic rings. The highest BCUT2D eigenvalue weighted by molar-refractivity contribution is 5.70. The maximum Gasteiger partial charge on any atom is 0.308 e. The number of esters is 1. The minimum atomic E-state index is -0.424.